The third-order valence-electron chi connectivity index (χ3n) is 2.73. The zero-order valence-corrected chi connectivity index (χ0v) is 12.3. The van der Waals surface area contributed by atoms with Crippen LogP contribution in [0.2, 0.25) is 5.02 Å². The van der Waals surface area contributed by atoms with Crippen molar-refractivity contribution in [1.29, 1.82) is 5.26 Å². The molecule has 0 N–H and O–H groups in total. The molecule has 0 spiro atoms. The van der Waals surface area contributed by atoms with Gasteiger partial charge in [0, 0.05) is 5.02 Å². The van der Waals surface area contributed by atoms with Crippen LogP contribution in [0.4, 0.5) is 0 Å². The molecule has 2 aromatic carbocycles. The molecule has 0 aliphatic rings. The normalized spacial score (nSPS) is 9.76. The summed E-state index contributed by atoms with van der Waals surface area (Å²) in [6, 6.07) is 14.3. The van der Waals surface area contributed by atoms with Gasteiger partial charge in [-0.3, -0.25) is 0 Å². The summed E-state index contributed by atoms with van der Waals surface area (Å²) in [5, 5.41) is 9.50. The van der Waals surface area contributed by atoms with Gasteiger partial charge in [0.05, 0.1) is 12.7 Å². The van der Waals surface area contributed by atoms with E-state index in [1.165, 1.54) is 0 Å². The Morgan fingerprint density at radius 3 is 2.33 bits per heavy atom. The molecule has 0 saturated carbocycles. The Morgan fingerprint density at radius 1 is 1.00 bits per heavy atom. The molecular formula is C16H14ClNO3. The Morgan fingerprint density at radius 2 is 1.67 bits per heavy atom. The minimum atomic E-state index is 0.336. The number of methoxy groups -OCH3 is 1. The number of halogens is 1. The summed E-state index contributed by atoms with van der Waals surface area (Å²) in [5.41, 5.74) is 0.409. The molecule has 0 radical (unpaired) electrons. The van der Waals surface area contributed by atoms with Crippen molar-refractivity contribution in [3.05, 3.63) is 53.1 Å². The van der Waals surface area contributed by atoms with E-state index in [2.05, 4.69) is 0 Å². The highest BCUT2D eigenvalue weighted by Crippen LogP contribution is 2.22. The molecule has 0 aliphatic carbocycles. The summed E-state index contributed by atoms with van der Waals surface area (Å²) in [4.78, 5) is 0. The lowest BCUT2D eigenvalue weighted by Gasteiger charge is -2.10. The van der Waals surface area contributed by atoms with Crippen LogP contribution in [0.3, 0.4) is 0 Å². The Balaban J connectivity index is 1.83. The zero-order valence-electron chi connectivity index (χ0n) is 11.5. The predicted molar refractivity (Wildman–Crippen MR) is 80.2 cm³/mol. The van der Waals surface area contributed by atoms with Crippen molar-refractivity contribution in [2.75, 3.05) is 20.3 Å². The van der Waals surface area contributed by atoms with Gasteiger partial charge in [-0.15, -0.1) is 0 Å². The van der Waals surface area contributed by atoms with Crippen LogP contribution in [0.5, 0.6) is 17.2 Å². The lowest BCUT2D eigenvalue weighted by atomic mass is 10.2. The van der Waals surface area contributed by atoms with E-state index in [0.29, 0.717) is 29.5 Å². The van der Waals surface area contributed by atoms with E-state index in [4.69, 9.17) is 31.1 Å². The number of benzene rings is 2. The Kier molecular flexibility index (Phi) is 5.30. The molecule has 0 heterocycles. The number of hydrogen-bond acceptors (Lipinski definition) is 4. The Hall–Kier alpha value is -2.38. The first kappa shape index (κ1) is 15.0. The van der Waals surface area contributed by atoms with Crippen LogP contribution in [-0.4, -0.2) is 20.3 Å². The van der Waals surface area contributed by atoms with Gasteiger partial charge in [-0.05, 0) is 42.5 Å². The van der Waals surface area contributed by atoms with E-state index in [1.54, 1.807) is 25.3 Å². The average molecular weight is 304 g/mol. The lowest BCUT2D eigenvalue weighted by Crippen LogP contribution is -2.09. The van der Waals surface area contributed by atoms with E-state index in [-0.39, 0.29) is 0 Å². The first-order chi connectivity index (χ1) is 10.2. The van der Waals surface area contributed by atoms with E-state index in [1.807, 2.05) is 30.3 Å². The molecule has 0 unspecified atom stereocenters. The second kappa shape index (κ2) is 7.41. The quantitative estimate of drug-likeness (QED) is 0.764. The summed E-state index contributed by atoms with van der Waals surface area (Å²) in [5.74, 6) is 2.01. The molecule has 0 amide bonds. The van der Waals surface area contributed by atoms with Gasteiger partial charge in [0.2, 0.25) is 0 Å². The molecule has 0 fully saturated rings. The molecule has 0 bridgehead atoms. The monoisotopic (exact) mass is 303 g/mol. The molecule has 108 valence electrons. The maximum Gasteiger partial charge on any atom is 0.137 e. The molecule has 0 saturated heterocycles. The van der Waals surface area contributed by atoms with Gasteiger partial charge >= 0.3 is 0 Å². The van der Waals surface area contributed by atoms with Crippen LogP contribution in [0, 0.1) is 11.3 Å². The fourth-order valence-corrected chi connectivity index (χ4v) is 1.87. The van der Waals surface area contributed by atoms with Gasteiger partial charge in [0.15, 0.2) is 0 Å². The zero-order chi connectivity index (χ0) is 15.1. The smallest absolute Gasteiger partial charge is 0.137 e. The molecule has 2 aromatic rings. The van der Waals surface area contributed by atoms with Crippen LogP contribution in [0.25, 0.3) is 0 Å². The Bertz CT molecular complexity index is 635. The molecule has 4 nitrogen and oxygen atoms in total. The first-order valence-electron chi connectivity index (χ1n) is 6.32. The summed E-state index contributed by atoms with van der Waals surface area (Å²) in [6.07, 6.45) is 0. The number of rotatable bonds is 6. The molecule has 2 rings (SSSR count). The SMILES string of the molecule is COc1ccc(OCCOc2ccc(Cl)cc2C#N)cc1. The van der Waals surface area contributed by atoms with E-state index >= 15 is 0 Å². The van der Waals surface area contributed by atoms with Crippen LogP contribution >= 0.6 is 11.6 Å². The van der Waals surface area contributed by atoms with Crippen molar-refractivity contribution in [3.63, 3.8) is 0 Å². The highest BCUT2D eigenvalue weighted by Gasteiger charge is 2.04. The lowest BCUT2D eigenvalue weighted by molar-refractivity contribution is 0.216. The predicted octanol–water partition coefficient (Wildman–Crippen LogP) is 3.68. The van der Waals surface area contributed by atoms with Gasteiger partial charge < -0.3 is 14.2 Å². The number of hydrogen-bond donors (Lipinski definition) is 0. The summed E-state index contributed by atoms with van der Waals surface area (Å²) in [6.45, 7) is 0.710. The fraction of sp³-hybridized carbons (Fsp3) is 0.188. The van der Waals surface area contributed by atoms with Gasteiger partial charge in [-0.25, -0.2) is 0 Å². The maximum atomic E-state index is 9.00. The van der Waals surface area contributed by atoms with Crippen molar-refractivity contribution in [3.8, 4) is 23.3 Å². The standard InChI is InChI=1S/C16H14ClNO3/c1-19-14-3-5-15(6-4-14)20-8-9-21-16-7-2-13(17)10-12(16)11-18/h2-7,10H,8-9H2,1H3. The average Bonchev–Trinajstić information content (AvgIpc) is 2.53. The van der Waals surface area contributed by atoms with Crippen molar-refractivity contribution in [1.82, 2.24) is 0 Å². The van der Waals surface area contributed by atoms with E-state index in [0.717, 1.165) is 11.5 Å². The van der Waals surface area contributed by atoms with Crippen LogP contribution in [0.15, 0.2) is 42.5 Å². The highest BCUT2D eigenvalue weighted by molar-refractivity contribution is 6.30. The molecule has 0 aromatic heterocycles. The van der Waals surface area contributed by atoms with Crippen LogP contribution in [-0.2, 0) is 0 Å². The summed E-state index contributed by atoms with van der Waals surface area (Å²) >= 11 is 5.82. The molecular weight excluding hydrogens is 290 g/mol. The third kappa shape index (κ3) is 4.30. The molecule has 21 heavy (non-hydrogen) atoms. The van der Waals surface area contributed by atoms with Gasteiger partial charge in [-0.2, -0.15) is 5.26 Å². The summed E-state index contributed by atoms with van der Waals surface area (Å²) in [7, 11) is 1.61. The first-order valence-corrected chi connectivity index (χ1v) is 6.70. The minimum absolute atomic E-state index is 0.336. The highest BCUT2D eigenvalue weighted by atomic mass is 35.5. The third-order valence-corrected chi connectivity index (χ3v) is 2.97. The maximum absolute atomic E-state index is 9.00. The van der Waals surface area contributed by atoms with E-state index in [9.17, 15) is 0 Å². The molecule has 0 aliphatic heterocycles. The minimum Gasteiger partial charge on any atom is -0.497 e. The van der Waals surface area contributed by atoms with Gasteiger partial charge in [0.1, 0.15) is 36.5 Å². The largest absolute Gasteiger partial charge is 0.497 e. The molecule has 5 heteroatoms. The number of nitrogens with zero attached hydrogens (tertiary/aromatic N) is 1. The summed E-state index contributed by atoms with van der Waals surface area (Å²) < 4.78 is 16.1. The van der Waals surface area contributed by atoms with Crippen molar-refractivity contribution < 1.29 is 14.2 Å². The molecule has 0 atom stereocenters. The second-order valence-electron chi connectivity index (χ2n) is 4.12. The number of ether oxygens (including phenoxy) is 3. The Labute approximate surface area is 128 Å². The van der Waals surface area contributed by atoms with Gasteiger partial charge in [0.25, 0.3) is 0 Å². The van der Waals surface area contributed by atoms with Crippen molar-refractivity contribution in [2.45, 2.75) is 0 Å². The van der Waals surface area contributed by atoms with Crippen molar-refractivity contribution in [2.24, 2.45) is 0 Å². The van der Waals surface area contributed by atoms with Crippen molar-refractivity contribution >= 4 is 11.6 Å². The number of nitriles is 1. The second-order valence-corrected chi connectivity index (χ2v) is 4.56. The fourth-order valence-electron chi connectivity index (χ4n) is 1.70. The van der Waals surface area contributed by atoms with Gasteiger partial charge in [-0.1, -0.05) is 11.6 Å². The topological polar surface area (TPSA) is 51.5 Å². The van der Waals surface area contributed by atoms with E-state index < -0.39 is 0 Å². The van der Waals surface area contributed by atoms with Crippen LogP contribution in [0.1, 0.15) is 5.56 Å². The van der Waals surface area contributed by atoms with Crippen LogP contribution < -0.4 is 14.2 Å².